The van der Waals surface area contributed by atoms with E-state index in [4.69, 9.17) is 25.8 Å². The molecule has 0 atom stereocenters. The first kappa shape index (κ1) is 29.2. The molecule has 3 aromatic rings. The molecular formula is C25H12Br2ClF3N2O7S. The fourth-order valence-electron chi connectivity index (χ4n) is 3.83. The molecule has 2 aliphatic heterocycles. The molecule has 0 N–H and O–H groups in total. The number of alkyl halides is 3. The minimum Gasteiger partial charge on any atom is -0.454 e. The molecule has 9 nitrogen and oxygen atoms in total. The highest BCUT2D eigenvalue weighted by molar-refractivity contribution is 9.11. The number of benzene rings is 3. The normalized spacial score (nSPS) is 15.7. The number of carbonyl (C=O) groups is 2. The molecule has 0 radical (unpaired) electrons. The number of carbonyl (C=O) groups excluding carboxylic acids is 2. The molecule has 0 bridgehead atoms. The summed E-state index contributed by atoms with van der Waals surface area (Å²) in [6.07, 6.45) is -3.31. The smallest absolute Gasteiger partial charge is 0.416 e. The van der Waals surface area contributed by atoms with Gasteiger partial charge < -0.3 is 14.2 Å². The summed E-state index contributed by atoms with van der Waals surface area (Å²) in [7, 11) is 0. The Labute approximate surface area is 254 Å². The summed E-state index contributed by atoms with van der Waals surface area (Å²) in [4.78, 5) is 37.3. The van der Waals surface area contributed by atoms with Crippen LogP contribution in [0, 0.1) is 10.1 Å². The van der Waals surface area contributed by atoms with E-state index in [0.29, 0.717) is 39.8 Å². The van der Waals surface area contributed by atoms with Crippen LogP contribution in [0.4, 0.5) is 23.7 Å². The second kappa shape index (κ2) is 11.2. The Morgan fingerprint density at radius 2 is 1.76 bits per heavy atom. The summed E-state index contributed by atoms with van der Waals surface area (Å²) in [5.41, 5.74) is -1.13. The van der Waals surface area contributed by atoms with Gasteiger partial charge in [-0.3, -0.25) is 24.6 Å². The molecule has 0 aromatic heterocycles. The van der Waals surface area contributed by atoms with Crippen molar-refractivity contribution in [2.45, 2.75) is 12.7 Å². The van der Waals surface area contributed by atoms with Crippen LogP contribution in [0.15, 0.2) is 56.3 Å². The van der Waals surface area contributed by atoms with Gasteiger partial charge in [0, 0.05) is 17.2 Å². The number of nitro groups is 1. The van der Waals surface area contributed by atoms with E-state index in [1.807, 2.05) is 0 Å². The van der Waals surface area contributed by atoms with Crippen LogP contribution < -0.4 is 14.2 Å². The number of hydrogen-bond donors (Lipinski definition) is 0. The molecular weight excluding hydrogens is 725 g/mol. The molecule has 3 aromatic carbocycles. The van der Waals surface area contributed by atoms with Crippen molar-refractivity contribution in [1.29, 1.82) is 0 Å². The van der Waals surface area contributed by atoms with Gasteiger partial charge in [-0.15, -0.1) is 0 Å². The van der Waals surface area contributed by atoms with Gasteiger partial charge in [-0.05, 0) is 91.2 Å². The molecule has 5 rings (SSSR count). The fraction of sp³-hybridized carbons (Fsp3) is 0.120. The Bertz CT molecular complexity index is 1650. The van der Waals surface area contributed by atoms with Crippen molar-refractivity contribution in [2.75, 3.05) is 6.79 Å². The Morgan fingerprint density at radius 1 is 1.10 bits per heavy atom. The van der Waals surface area contributed by atoms with E-state index in [2.05, 4.69) is 31.9 Å². The summed E-state index contributed by atoms with van der Waals surface area (Å²) in [5.74, 6) is -0.0208. The number of nitrogens with zero attached hydrogens (tertiary/aromatic N) is 2. The number of hydrogen-bond acceptors (Lipinski definition) is 8. The molecule has 2 amide bonds. The minimum absolute atomic E-state index is 0.0373. The number of halogens is 6. The van der Waals surface area contributed by atoms with Gasteiger partial charge in [0.25, 0.3) is 11.1 Å². The highest BCUT2D eigenvalue weighted by Gasteiger charge is 2.36. The monoisotopic (exact) mass is 734 g/mol. The average Bonchev–Trinajstić information content (AvgIpc) is 3.44. The van der Waals surface area contributed by atoms with Crippen LogP contribution >= 0.6 is 55.2 Å². The van der Waals surface area contributed by atoms with Crippen molar-refractivity contribution in [3.8, 4) is 23.0 Å². The predicted octanol–water partition coefficient (Wildman–Crippen LogP) is 8.55. The Hall–Kier alpha value is -3.27. The van der Waals surface area contributed by atoms with Gasteiger partial charge in [0.05, 0.1) is 30.9 Å². The first-order valence-electron chi connectivity index (χ1n) is 11.2. The number of rotatable bonds is 6. The molecule has 0 unspecified atom stereocenters. The number of ether oxygens (including phenoxy) is 3. The van der Waals surface area contributed by atoms with Gasteiger partial charge >= 0.3 is 11.9 Å². The van der Waals surface area contributed by atoms with Crippen LogP contribution in [0.25, 0.3) is 6.08 Å². The number of thioether (sulfide) groups is 1. The molecule has 1 saturated heterocycles. The lowest BCUT2D eigenvalue weighted by Crippen LogP contribution is -2.27. The van der Waals surface area contributed by atoms with Crippen LogP contribution in [0.5, 0.6) is 23.0 Å². The van der Waals surface area contributed by atoms with Gasteiger partial charge in [-0.1, -0.05) is 11.6 Å². The molecule has 0 aliphatic carbocycles. The maximum Gasteiger partial charge on any atom is 0.416 e. The number of fused-ring (bicyclic) bond motifs is 1. The van der Waals surface area contributed by atoms with Gasteiger partial charge in [-0.2, -0.15) is 13.2 Å². The van der Waals surface area contributed by atoms with Crippen LogP contribution in [0.1, 0.15) is 16.7 Å². The lowest BCUT2D eigenvalue weighted by Gasteiger charge is -2.14. The third kappa shape index (κ3) is 6.03. The summed E-state index contributed by atoms with van der Waals surface area (Å²) in [6.45, 7) is -0.0564. The molecule has 0 spiro atoms. The Kier molecular flexibility index (Phi) is 7.98. The summed E-state index contributed by atoms with van der Waals surface area (Å²) >= 11 is 13.6. The Morgan fingerprint density at radius 3 is 2.39 bits per heavy atom. The molecule has 16 heteroatoms. The van der Waals surface area contributed by atoms with E-state index in [9.17, 15) is 32.9 Å². The maximum absolute atomic E-state index is 13.1. The summed E-state index contributed by atoms with van der Waals surface area (Å²) in [6, 6.07) is 8.09. The van der Waals surface area contributed by atoms with Crippen molar-refractivity contribution in [3.05, 3.63) is 88.1 Å². The van der Waals surface area contributed by atoms with E-state index in [-0.39, 0.29) is 32.9 Å². The number of imide groups is 1. The molecule has 41 heavy (non-hydrogen) atoms. The Balaban J connectivity index is 1.38. The van der Waals surface area contributed by atoms with Crippen LogP contribution in [-0.4, -0.2) is 27.8 Å². The standard InChI is InChI=1S/C25H12Br2ClF3N2O7S/c26-14-3-11(4-15(27)22(14)40-18-2-1-13(25(29,30)31)7-17(18)33(36)37)5-21-23(34)32(24(35)41-21)9-12-6-19-20(8-16(12)28)39-10-38-19/h1-8H,9-10H2/b21-5-. The van der Waals surface area contributed by atoms with Crippen molar-refractivity contribution in [1.82, 2.24) is 4.90 Å². The van der Waals surface area contributed by atoms with Crippen LogP contribution in [0.2, 0.25) is 5.02 Å². The van der Waals surface area contributed by atoms with Gasteiger partial charge in [0.15, 0.2) is 17.2 Å². The van der Waals surface area contributed by atoms with E-state index in [0.717, 1.165) is 22.7 Å². The van der Waals surface area contributed by atoms with Crippen molar-refractivity contribution in [3.63, 3.8) is 0 Å². The summed E-state index contributed by atoms with van der Waals surface area (Å²) < 4.78 is 55.8. The minimum atomic E-state index is -4.77. The quantitative estimate of drug-likeness (QED) is 0.141. The molecule has 2 aliphatic rings. The first-order valence-corrected chi connectivity index (χ1v) is 14.0. The second-order valence-electron chi connectivity index (χ2n) is 8.42. The van der Waals surface area contributed by atoms with Gasteiger partial charge in [-0.25, -0.2) is 0 Å². The zero-order chi connectivity index (χ0) is 29.6. The summed E-state index contributed by atoms with van der Waals surface area (Å²) in [5, 5.41) is 11.2. The third-order valence-electron chi connectivity index (χ3n) is 5.76. The van der Waals surface area contributed by atoms with Crippen molar-refractivity contribution >= 4 is 78.1 Å². The zero-order valence-electron chi connectivity index (χ0n) is 20.0. The predicted molar refractivity (Wildman–Crippen MR) is 149 cm³/mol. The van der Waals surface area contributed by atoms with E-state index in [1.165, 1.54) is 18.2 Å². The highest BCUT2D eigenvalue weighted by atomic mass is 79.9. The number of amides is 2. The average molecular weight is 737 g/mol. The highest BCUT2D eigenvalue weighted by Crippen LogP contribution is 2.44. The lowest BCUT2D eigenvalue weighted by atomic mass is 10.1. The van der Waals surface area contributed by atoms with Gasteiger partial charge in [0.2, 0.25) is 12.5 Å². The molecule has 0 saturated carbocycles. The van der Waals surface area contributed by atoms with Crippen LogP contribution in [-0.2, 0) is 17.5 Å². The third-order valence-corrected chi connectivity index (χ3v) is 8.19. The SMILES string of the molecule is O=C1S/C(=C\c2cc(Br)c(Oc3ccc(C(F)(F)F)cc3[N+](=O)[O-])c(Br)c2)C(=O)N1Cc1cc2c(cc1Cl)OCO2. The largest absolute Gasteiger partial charge is 0.454 e. The zero-order valence-corrected chi connectivity index (χ0v) is 24.7. The van der Waals surface area contributed by atoms with Crippen LogP contribution in [0.3, 0.4) is 0 Å². The van der Waals surface area contributed by atoms with E-state index in [1.54, 1.807) is 12.1 Å². The van der Waals surface area contributed by atoms with E-state index >= 15 is 0 Å². The molecule has 2 heterocycles. The topological polar surface area (TPSA) is 108 Å². The molecule has 212 valence electrons. The second-order valence-corrected chi connectivity index (χ2v) is 11.5. The van der Waals surface area contributed by atoms with Crippen molar-refractivity contribution in [2.24, 2.45) is 0 Å². The fourth-order valence-corrected chi connectivity index (χ4v) is 6.27. The molecule has 1 fully saturated rings. The maximum atomic E-state index is 13.1. The number of nitro benzene ring substituents is 1. The van der Waals surface area contributed by atoms with Gasteiger partial charge in [0.1, 0.15) is 0 Å². The lowest BCUT2D eigenvalue weighted by molar-refractivity contribution is -0.385. The first-order chi connectivity index (χ1) is 19.3. The van der Waals surface area contributed by atoms with E-state index < -0.39 is 39.2 Å². The van der Waals surface area contributed by atoms with Crippen molar-refractivity contribution < 1.29 is 41.9 Å².